The first-order valence-corrected chi connectivity index (χ1v) is 16.1. The zero-order valence-corrected chi connectivity index (χ0v) is 26.3. The van der Waals surface area contributed by atoms with Gasteiger partial charge in [0.1, 0.15) is 22.3 Å². The van der Waals surface area contributed by atoms with Crippen LogP contribution in [0.4, 0.5) is 0 Å². The van der Waals surface area contributed by atoms with Gasteiger partial charge in [0.2, 0.25) is 0 Å². The normalized spacial score (nSPS) is 13.3. The van der Waals surface area contributed by atoms with E-state index in [2.05, 4.69) is 0 Å². The molecule has 3 heterocycles. The van der Waals surface area contributed by atoms with Gasteiger partial charge < -0.3 is 8.83 Å². The minimum Gasteiger partial charge on any atom is -0.456 e. The van der Waals surface area contributed by atoms with Gasteiger partial charge in [0, 0.05) is 38.2 Å². The first kappa shape index (κ1) is 22.7. The summed E-state index contributed by atoms with van der Waals surface area (Å²) in [7, 11) is 0. The molecule has 3 aromatic heterocycles. The Balaban J connectivity index is 1.21. The second kappa shape index (κ2) is 11.4. The highest BCUT2D eigenvalue weighted by Crippen LogP contribution is 2.38. The molecule has 0 saturated carbocycles. The molecule has 0 amide bonds. The summed E-state index contributed by atoms with van der Waals surface area (Å²) in [5, 5.41) is 1.80. The van der Waals surface area contributed by atoms with Crippen molar-refractivity contribution in [3.8, 4) is 56.4 Å². The summed E-state index contributed by atoms with van der Waals surface area (Å²) in [6.07, 6.45) is 0. The van der Waals surface area contributed by atoms with Crippen LogP contribution in [-0.4, -0.2) is 15.0 Å². The number of rotatable bonds is 5. The van der Waals surface area contributed by atoms with Gasteiger partial charge in [-0.3, -0.25) is 0 Å². The van der Waals surface area contributed by atoms with E-state index in [4.69, 9.17) is 26.5 Å². The van der Waals surface area contributed by atoms with E-state index >= 15 is 0 Å². The van der Waals surface area contributed by atoms with Crippen LogP contribution in [0.15, 0.2) is 172 Å². The van der Waals surface area contributed by atoms with E-state index in [-0.39, 0.29) is 75.1 Å². The van der Waals surface area contributed by atoms with Crippen LogP contribution >= 0.6 is 0 Å². The Morgan fingerprint density at radius 3 is 1.84 bits per heavy atom. The van der Waals surface area contributed by atoms with Gasteiger partial charge in [-0.15, -0.1) is 0 Å². The lowest BCUT2D eigenvalue weighted by molar-refractivity contribution is 0.668. The maximum absolute atomic E-state index is 9.46. The maximum atomic E-state index is 9.46. The molecule has 0 spiro atoms. The van der Waals surface area contributed by atoms with Crippen LogP contribution in [0.1, 0.15) is 8.22 Å². The van der Waals surface area contributed by atoms with Crippen molar-refractivity contribution in [1.29, 1.82) is 0 Å². The number of hydrogen-bond donors (Lipinski definition) is 0. The van der Waals surface area contributed by atoms with Crippen LogP contribution in [-0.2, 0) is 0 Å². The summed E-state index contributed by atoms with van der Waals surface area (Å²) in [5.74, 6) is 0.634. The summed E-state index contributed by atoms with van der Waals surface area (Å²) in [6, 6.07) is 38.3. The average Bonchev–Trinajstić information content (AvgIpc) is 3.83. The van der Waals surface area contributed by atoms with E-state index in [1.165, 1.54) is 0 Å². The first-order valence-electron chi connectivity index (χ1n) is 19.1. The topological polar surface area (TPSA) is 65.0 Å². The fourth-order valence-corrected chi connectivity index (χ4v) is 6.40. The Kier molecular flexibility index (Phi) is 5.17. The third kappa shape index (κ3) is 4.75. The highest BCUT2D eigenvalue weighted by molar-refractivity contribution is 6.09. The van der Waals surface area contributed by atoms with Gasteiger partial charge in [0.15, 0.2) is 17.5 Å². The van der Waals surface area contributed by atoms with Crippen LogP contribution in [0.25, 0.3) is 100 Å². The number of hydrogen-bond acceptors (Lipinski definition) is 5. The van der Waals surface area contributed by atoms with Crippen molar-refractivity contribution in [1.82, 2.24) is 15.0 Å². The summed E-state index contributed by atoms with van der Waals surface area (Å²) in [5.41, 5.74) is 5.02. The lowest BCUT2D eigenvalue weighted by atomic mass is 9.99. The molecule has 0 saturated heterocycles. The van der Waals surface area contributed by atoms with E-state index in [1.807, 2.05) is 115 Å². The smallest absolute Gasteiger partial charge is 0.164 e. The number of fused-ring (bicyclic) bond motifs is 6. The highest BCUT2D eigenvalue weighted by Gasteiger charge is 2.17. The quantitative estimate of drug-likeness (QED) is 0.186. The van der Waals surface area contributed by atoms with Crippen molar-refractivity contribution in [2.24, 2.45) is 0 Å². The van der Waals surface area contributed by atoms with Gasteiger partial charge in [-0.05, 0) is 64.6 Å². The molecule has 5 heteroatoms. The second-order valence-electron chi connectivity index (χ2n) is 11.9. The Labute approximate surface area is 295 Å². The highest BCUT2D eigenvalue weighted by atomic mass is 16.3. The molecule has 0 N–H and O–H groups in total. The van der Waals surface area contributed by atoms with Crippen molar-refractivity contribution in [3.63, 3.8) is 0 Å². The molecular weight excluding hydrogens is 615 g/mol. The minimum atomic E-state index is -0.341. The van der Waals surface area contributed by atoms with Crippen molar-refractivity contribution in [2.75, 3.05) is 0 Å². The molecule has 0 fully saturated rings. The summed E-state index contributed by atoms with van der Waals surface area (Å²) in [4.78, 5) is 14.5. The lowest BCUT2D eigenvalue weighted by Gasteiger charge is -2.12. The fraction of sp³-hybridized carbons (Fsp3) is 0. The number of para-hydroxylation sites is 1. The van der Waals surface area contributed by atoms with Gasteiger partial charge >= 0.3 is 0 Å². The number of benzene rings is 7. The monoisotopic (exact) mass is 647 g/mol. The third-order valence-electron chi connectivity index (χ3n) is 8.82. The molecule has 10 rings (SSSR count). The molecule has 50 heavy (non-hydrogen) atoms. The van der Waals surface area contributed by atoms with Gasteiger partial charge in [-0.2, -0.15) is 0 Å². The zero-order valence-electron chi connectivity index (χ0n) is 32.3. The van der Waals surface area contributed by atoms with Crippen LogP contribution in [0.5, 0.6) is 0 Å². The van der Waals surface area contributed by atoms with E-state index in [0.717, 1.165) is 21.9 Å². The summed E-state index contributed by atoms with van der Waals surface area (Å²) in [6.45, 7) is 0. The standard InChI is InChI=1S/C45H27N3O2/c1-3-11-28(12-4-1)33-15-7-8-17-36(33)45-47-43(29-13-5-2-6-14-29)46-44(48-45)32-19-22-35-38-26-31(21-24-41(38)50-42(35)27-32)30-20-23-40-37(25-30)34-16-9-10-18-39(34)49-40/h1-27H/i19D,21D,22D,24D,26D,27D. The second-order valence-corrected chi connectivity index (χ2v) is 11.9. The average molecular weight is 648 g/mol. The third-order valence-corrected chi connectivity index (χ3v) is 8.82. The number of nitrogens with zero attached hydrogens (tertiary/aromatic N) is 3. The van der Waals surface area contributed by atoms with Crippen molar-refractivity contribution < 1.29 is 17.1 Å². The Morgan fingerprint density at radius 1 is 0.360 bits per heavy atom. The molecule has 7 aromatic carbocycles. The van der Waals surface area contributed by atoms with Crippen LogP contribution in [0.2, 0.25) is 0 Å². The van der Waals surface area contributed by atoms with Gasteiger partial charge in [-0.1, -0.05) is 121 Å². The molecule has 234 valence electrons. The number of furan rings is 2. The SMILES string of the molecule is [2H]c1c(-c2ccc3oc4ccccc4c3c2)c([2H])c2c(oc3c([2H])c(-c4nc(-c5ccccc5)nc(-c5ccccc5-c5ccccc5)n4)c([2H])c([2H])c32)c1[2H]. The van der Waals surface area contributed by atoms with Crippen molar-refractivity contribution in [3.05, 3.63) is 164 Å². The Hall–Kier alpha value is -6.85. The van der Waals surface area contributed by atoms with Gasteiger partial charge in [-0.25, -0.2) is 15.0 Å². The van der Waals surface area contributed by atoms with Crippen LogP contribution in [0, 0.1) is 0 Å². The molecule has 0 aliphatic heterocycles. The summed E-state index contributed by atoms with van der Waals surface area (Å²) < 4.78 is 67.8. The van der Waals surface area contributed by atoms with E-state index in [0.29, 0.717) is 39.5 Å². The van der Waals surface area contributed by atoms with Crippen molar-refractivity contribution >= 4 is 43.9 Å². The van der Waals surface area contributed by atoms with E-state index < -0.39 is 0 Å². The molecule has 5 nitrogen and oxygen atoms in total. The van der Waals surface area contributed by atoms with Crippen LogP contribution in [0.3, 0.4) is 0 Å². The molecule has 0 bridgehead atoms. The van der Waals surface area contributed by atoms with E-state index in [9.17, 15) is 5.48 Å². The zero-order chi connectivity index (χ0) is 38.2. The minimum absolute atomic E-state index is 0.00211. The summed E-state index contributed by atoms with van der Waals surface area (Å²) >= 11 is 0. The maximum Gasteiger partial charge on any atom is 0.164 e. The Bertz CT molecular complexity index is 3220. The lowest BCUT2D eigenvalue weighted by Crippen LogP contribution is -2.01. The molecule has 0 aliphatic rings. The molecule has 0 aliphatic carbocycles. The molecule has 10 aromatic rings. The Morgan fingerprint density at radius 2 is 1.00 bits per heavy atom. The molecule has 0 radical (unpaired) electrons. The first-order chi connectivity index (χ1) is 27.3. The van der Waals surface area contributed by atoms with Gasteiger partial charge in [0.05, 0.1) is 8.22 Å². The predicted molar refractivity (Wildman–Crippen MR) is 202 cm³/mol. The molecule has 0 atom stereocenters. The largest absolute Gasteiger partial charge is 0.456 e. The van der Waals surface area contributed by atoms with E-state index in [1.54, 1.807) is 12.1 Å². The predicted octanol–water partition coefficient (Wildman–Crippen LogP) is 12.0. The van der Waals surface area contributed by atoms with Gasteiger partial charge in [0.25, 0.3) is 0 Å². The molecule has 0 unspecified atom stereocenters. The van der Waals surface area contributed by atoms with Crippen molar-refractivity contribution in [2.45, 2.75) is 0 Å². The fourth-order valence-electron chi connectivity index (χ4n) is 6.40. The van der Waals surface area contributed by atoms with Crippen LogP contribution < -0.4 is 0 Å². The number of aromatic nitrogens is 3. The molecular formula is C45H27N3O2.